The van der Waals surface area contributed by atoms with Gasteiger partial charge in [-0.1, -0.05) is 45.0 Å². The van der Waals surface area contributed by atoms with Crippen LogP contribution >= 0.6 is 0 Å². The van der Waals surface area contributed by atoms with Gasteiger partial charge >= 0.3 is 0 Å². The fraction of sp³-hybridized carbons (Fsp3) is 0.667. The second-order valence-corrected chi connectivity index (χ2v) is 6.30. The van der Waals surface area contributed by atoms with Crippen molar-refractivity contribution in [3.05, 3.63) is 35.4 Å². The van der Waals surface area contributed by atoms with E-state index in [2.05, 4.69) is 55.3 Å². The normalized spacial score (nSPS) is 19.9. The van der Waals surface area contributed by atoms with Gasteiger partial charge < -0.3 is 5.32 Å². The molecular formula is C18H30N2. The van der Waals surface area contributed by atoms with Crippen molar-refractivity contribution in [2.24, 2.45) is 5.92 Å². The molecule has 20 heavy (non-hydrogen) atoms. The van der Waals surface area contributed by atoms with E-state index in [9.17, 15) is 0 Å². The highest BCUT2D eigenvalue weighted by Gasteiger charge is 2.27. The highest BCUT2D eigenvalue weighted by molar-refractivity contribution is 5.27. The zero-order chi connectivity index (χ0) is 14.4. The van der Waals surface area contributed by atoms with Gasteiger partial charge in [-0.3, -0.25) is 4.90 Å². The summed E-state index contributed by atoms with van der Waals surface area (Å²) in [6.07, 6.45) is 3.88. The molecule has 1 saturated heterocycles. The number of likely N-dealkylation sites (N-methyl/N-ethyl adjacent to an activating group) is 1. The molecule has 1 unspecified atom stereocenters. The monoisotopic (exact) mass is 274 g/mol. The molecular weight excluding hydrogens is 244 g/mol. The van der Waals surface area contributed by atoms with E-state index >= 15 is 0 Å². The number of rotatable bonds is 7. The van der Waals surface area contributed by atoms with Crippen LogP contribution in [0.5, 0.6) is 0 Å². The quantitative estimate of drug-likeness (QED) is 0.766. The lowest BCUT2D eigenvalue weighted by molar-refractivity contribution is 0.198. The first-order valence-corrected chi connectivity index (χ1v) is 8.24. The Balaban J connectivity index is 2.01. The third kappa shape index (κ3) is 4.07. The number of benzene rings is 1. The number of nitrogens with zero attached hydrogens (tertiary/aromatic N) is 1. The van der Waals surface area contributed by atoms with Gasteiger partial charge in [0.1, 0.15) is 0 Å². The molecule has 0 amide bonds. The summed E-state index contributed by atoms with van der Waals surface area (Å²) in [7, 11) is 0. The van der Waals surface area contributed by atoms with E-state index in [1.54, 1.807) is 0 Å². The van der Waals surface area contributed by atoms with Gasteiger partial charge in [-0.2, -0.15) is 0 Å². The highest BCUT2D eigenvalue weighted by Crippen LogP contribution is 2.26. The van der Waals surface area contributed by atoms with E-state index < -0.39 is 0 Å². The van der Waals surface area contributed by atoms with E-state index in [4.69, 9.17) is 0 Å². The molecule has 1 N–H and O–H groups in total. The van der Waals surface area contributed by atoms with E-state index in [0.29, 0.717) is 0 Å². The molecule has 0 radical (unpaired) electrons. The minimum Gasteiger partial charge on any atom is -0.317 e. The standard InChI is InChI=1S/C18H30N2/c1-4-19-12-11-16-8-5-6-9-17(16)14-20-13-7-10-18(20)15(2)3/h5-6,8-9,15,18-19H,4,7,10-14H2,1-3H3. The Labute approximate surface area is 124 Å². The Hall–Kier alpha value is -0.860. The SMILES string of the molecule is CCNCCc1ccccc1CN1CCCC1C(C)C. The number of nitrogens with one attached hydrogen (secondary N) is 1. The van der Waals surface area contributed by atoms with Crippen LogP contribution in [-0.2, 0) is 13.0 Å². The summed E-state index contributed by atoms with van der Waals surface area (Å²) < 4.78 is 0. The van der Waals surface area contributed by atoms with Crippen molar-refractivity contribution < 1.29 is 0 Å². The van der Waals surface area contributed by atoms with Gasteiger partial charge in [-0.05, 0) is 55.9 Å². The van der Waals surface area contributed by atoms with Crippen molar-refractivity contribution in [2.45, 2.75) is 52.6 Å². The Morgan fingerprint density at radius 2 is 2.00 bits per heavy atom. The third-order valence-corrected chi connectivity index (χ3v) is 4.50. The minimum atomic E-state index is 0.770. The minimum absolute atomic E-state index is 0.770. The lowest BCUT2D eigenvalue weighted by atomic mass is 10.00. The molecule has 1 aromatic rings. The van der Waals surface area contributed by atoms with Crippen LogP contribution in [-0.4, -0.2) is 30.6 Å². The highest BCUT2D eigenvalue weighted by atomic mass is 15.2. The van der Waals surface area contributed by atoms with Crippen LogP contribution in [0.15, 0.2) is 24.3 Å². The lowest BCUT2D eigenvalue weighted by Crippen LogP contribution is -2.33. The van der Waals surface area contributed by atoms with Crippen molar-refractivity contribution >= 4 is 0 Å². The molecule has 1 atom stereocenters. The largest absolute Gasteiger partial charge is 0.317 e. The summed E-state index contributed by atoms with van der Waals surface area (Å²) >= 11 is 0. The molecule has 2 heteroatoms. The zero-order valence-electron chi connectivity index (χ0n) is 13.4. The van der Waals surface area contributed by atoms with Crippen molar-refractivity contribution in [1.82, 2.24) is 10.2 Å². The summed E-state index contributed by atoms with van der Waals surface area (Å²) in [5.74, 6) is 0.770. The molecule has 1 aromatic carbocycles. The van der Waals surface area contributed by atoms with Crippen molar-refractivity contribution in [1.29, 1.82) is 0 Å². The van der Waals surface area contributed by atoms with Gasteiger partial charge in [0.15, 0.2) is 0 Å². The fourth-order valence-electron chi connectivity index (χ4n) is 3.38. The maximum absolute atomic E-state index is 3.43. The molecule has 112 valence electrons. The number of likely N-dealkylation sites (tertiary alicyclic amines) is 1. The smallest absolute Gasteiger partial charge is 0.0239 e. The van der Waals surface area contributed by atoms with Gasteiger partial charge in [0.2, 0.25) is 0 Å². The molecule has 2 nitrogen and oxygen atoms in total. The van der Waals surface area contributed by atoms with Crippen LogP contribution < -0.4 is 5.32 Å². The molecule has 0 bridgehead atoms. The first-order chi connectivity index (χ1) is 9.72. The zero-order valence-corrected chi connectivity index (χ0v) is 13.4. The van der Waals surface area contributed by atoms with E-state index in [-0.39, 0.29) is 0 Å². The average Bonchev–Trinajstić information content (AvgIpc) is 2.89. The molecule has 0 aliphatic carbocycles. The van der Waals surface area contributed by atoms with E-state index in [1.165, 1.54) is 30.5 Å². The van der Waals surface area contributed by atoms with Crippen LogP contribution in [0.4, 0.5) is 0 Å². The maximum Gasteiger partial charge on any atom is 0.0239 e. The molecule has 1 heterocycles. The molecule has 0 aromatic heterocycles. The fourth-order valence-corrected chi connectivity index (χ4v) is 3.38. The summed E-state index contributed by atoms with van der Waals surface area (Å²) in [6, 6.07) is 9.75. The Kier molecular flexibility index (Phi) is 6.06. The topological polar surface area (TPSA) is 15.3 Å². The van der Waals surface area contributed by atoms with Crippen LogP contribution in [0.3, 0.4) is 0 Å². The van der Waals surface area contributed by atoms with Crippen molar-refractivity contribution in [2.75, 3.05) is 19.6 Å². The number of hydrogen-bond donors (Lipinski definition) is 1. The van der Waals surface area contributed by atoms with Crippen LogP contribution in [0, 0.1) is 5.92 Å². The van der Waals surface area contributed by atoms with Gasteiger partial charge in [0.25, 0.3) is 0 Å². The van der Waals surface area contributed by atoms with Gasteiger partial charge in [0, 0.05) is 12.6 Å². The first kappa shape index (κ1) is 15.5. The van der Waals surface area contributed by atoms with Crippen molar-refractivity contribution in [3.63, 3.8) is 0 Å². The molecule has 1 aliphatic heterocycles. The van der Waals surface area contributed by atoms with Gasteiger partial charge in [0.05, 0.1) is 0 Å². The second kappa shape index (κ2) is 7.80. The summed E-state index contributed by atoms with van der Waals surface area (Å²) in [5, 5.41) is 3.43. The Morgan fingerprint density at radius 3 is 2.70 bits per heavy atom. The predicted octanol–water partition coefficient (Wildman–Crippen LogP) is 3.46. The average molecular weight is 274 g/mol. The van der Waals surface area contributed by atoms with Crippen LogP contribution in [0.25, 0.3) is 0 Å². The predicted molar refractivity (Wildman–Crippen MR) is 87.0 cm³/mol. The Morgan fingerprint density at radius 1 is 1.25 bits per heavy atom. The second-order valence-electron chi connectivity index (χ2n) is 6.30. The Bertz CT molecular complexity index is 400. The first-order valence-electron chi connectivity index (χ1n) is 8.24. The molecule has 0 saturated carbocycles. The van der Waals surface area contributed by atoms with E-state index in [0.717, 1.165) is 38.0 Å². The van der Waals surface area contributed by atoms with Crippen LogP contribution in [0.2, 0.25) is 0 Å². The van der Waals surface area contributed by atoms with Crippen LogP contribution in [0.1, 0.15) is 44.7 Å². The van der Waals surface area contributed by atoms with E-state index in [1.807, 2.05) is 0 Å². The van der Waals surface area contributed by atoms with Gasteiger partial charge in [-0.15, -0.1) is 0 Å². The number of hydrogen-bond acceptors (Lipinski definition) is 2. The third-order valence-electron chi connectivity index (χ3n) is 4.50. The summed E-state index contributed by atoms with van der Waals surface area (Å²) in [4.78, 5) is 2.69. The lowest BCUT2D eigenvalue weighted by Gasteiger charge is -2.28. The molecule has 0 spiro atoms. The summed E-state index contributed by atoms with van der Waals surface area (Å²) in [6.45, 7) is 11.4. The summed E-state index contributed by atoms with van der Waals surface area (Å²) in [5.41, 5.74) is 3.04. The molecule has 2 rings (SSSR count). The molecule has 1 fully saturated rings. The molecule has 1 aliphatic rings. The maximum atomic E-state index is 3.43. The van der Waals surface area contributed by atoms with Gasteiger partial charge in [-0.25, -0.2) is 0 Å². The van der Waals surface area contributed by atoms with Crippen molar-refractivity contribution in [3.8, 4) is 0 Å².